The Morgan fingerprint density at radius 1 is 1.16 bits per heavy atom. The summed E-state index contributed by atoms with van der Waals surface area (Å²) in [5.41, 5.74) is 3.84. The van der Waals surface area contributed by atoms with Gasteiger partial charge in [0.05, 0.1) is 11.4 Å². The summed E-state index contributed by atoms with van der Waals surface area (Å²) in [5, 5.41) is 6.59. The van der Waals surface area contributed by atoms with Crippen LogP contribution >= 0.6 is 0 Å². The molecule has 0 spiro atoms. The van der Waals surface area contributed by atoms with Crippen molar-refractivity contribution in [1.29, 1.82) is 0 Å². The van der Waals surface area contributed by atoms with Crippen molar-refractivity contribution in [2.24, 2.45) is 5.10 Å². The molecule has 1 fully saturated rings. The van der Waals surface area contributed by atoms with Crippen LogP contribution in [-0.2, 0) is 19.6 Å². The lowest BCUT2D eigenvalue weighted by Gasteiger charge is -2.16. The largest absolute Gasteiger partial charge is 0.326 e. The second-order valence-electron chi connectivity index (χ2n) is 5.89. The fraction of sp³-hybridized carbons (Fsp3) is 0.438. The third kappa shape index (κ3) is 5.36. The van der Waals surface area contributed by atoms with E-state index in [2.05, 4.69) is 15.8 Å². The number of carbonyl (C=O) groups excluding carboxylic acids is 2. The molecule has 1 aliphatic rings. The second-order valence-corrected chi connectivity index (χ2v) is 7.93. The van der Waals surface area contributed by atoms with E-state index in [0.717, 1.165) is 35.7 Å². The van der Waals surface area contributed by atoms with Gasteiger partial charge in [-0.15, -0.1) is 0 Å². The minimum Gasteiger partial charge on any atom is -0.326 e. The first-order valence-electron chi connectivity index (χ1n) is 7.97. The summed E-state index contributed by atoms with van der Waals surface area (Å²) in [6, 6.07) is 5.75. The molecule has 2 amide bonds. The van der Waals surface area contributed by atoms with Crippen molar-refractivity contribution in [3.05, 3.63) is 24.3 Å². The molecule has 1 saturated carbocycles. The third-order valence-corrected chi connectivity index (χ3v) is 5.59. The predicted molar refractivity (Wildman–Crippen MR) is 94.6 cm³/mol. The van der Waals surface area contributed by atoms with Crippen LogP contribution in [0, 0.1) is 0 Å². The van der Waals surface area contributed by atoms with Crippen LogP contribution in [0.3, 0.4) is 0 Å². The van der Waals surface area contributed by atoms with E-state index in [1.54, 1.807) is 0 Å². The van der Waals surface area contributed by atoms with Crippen molar-refractivity contribution in [3.8, 4) is 0 Å². The fourth-order valence-electron chi connectivity index (χ4n) is 2.45. The minimum atomic E-state index is -3.81. The van der Waals surface area contributed by atoms with Crippen molar-refractivity contribution >= 4 is 33.2 Å². The number of nitrogens with zero attached hydrogens (tertiary/aromatic N) is 2. The maximum atomic E-state index is 12.5. The second kappa shape index (κ2) is 8.21. The number of rotatable bonds is 6. The topological polar surface area (TPSA) is 108 Å². The van der Waals surface area contributed by atoms with Gasteiger partial charge in [0.15, 0.2) is 0 Å². The summed E-state index contributed by atoms with van der Waals surface area (Å²) in [6.45, 7) is 1.04. The first-order valence-corrected chi connectivity index (χ1v) is 9.41. The number of hydrogen-bond donors (Lipinski definition) is 2. The molecule has 1 aromatic carbocycles. The van der Waals surface area contributed by atoms with Gasteiger partial charge in [-0.05, 0) is 49.9 Å². The number of nitrogens with one attached hydrogen (secondary N) is 2. The van der Waals surface area contributed by atoms with E-state index in [-0.39, 0.29) is 17.3 Å². The number of hydrazone groups is 1. The Morgan fingerprint density at radius 2 is 1.76 bits per heavy atom. The molecule has 1 aromatic rings. The summed E-state index contributed by atoms with van der Waals surface area (Å²) in [6.07, 6.45) is 3.87. The molecular formula is C16H22N4O4S. The van der Waals surface area contributed by atoms with Gasteiger partial charge >= 0.3 is 0 Å². The van der Waals surface area contributed by atoms with Gasteiger partial charge in [0.25, 0.3) is 5.91 Å². The lowest BCUT2D eigenvalue weighted by molar-refractivity contribution is -0.121. The average Bonchev–Trinajstić information content (AvgIpc) is 3.06. The molecule has 0 atom stereocenters. The minimum absolute atomic E-state index is 0.0407. The Morgan fingerprint density at radius 3 is 2.32 bits per heavy atom. The predicted octanol–water partition coefficient (Wildman–Crippen LogP) is 1.31. The van der Waals surface area contributed by atoms with E-state index in [4.69, 9.17) is 0 Å². The van der Waals surface area contributed by atoms with Gasteiger partial charge in [0, 0.05) is 25.4 Å². The smallest absolute Gasteiger partial charge is 0.255 e. The van der Waals surface area contributed by atoms with Crippen molar-refractivity contribution in [2.45, 2.75) is 37.5 Å². The zero-order valence-electron chi connectivity index (χ0n) is 14.3. The lowest BCUT2D eigenvalue weighted by atomic mass is 10.3. The molecule has 0 bridgehead atoms. The standard InChI is InChI=1S/C16H22N4O4S/c1-12(21)17-13-7-9-15(10-8-13)25(23,24)20(2)11-16(22)19-18-14-5-3-4-6-14/h7-10H,3-6,11H2,1-2H3,(H,17,21)(H,19,22). The highest BCUT2D eigenvalue weighted by molar-refractivity contribution is 7.89. The summed E-state index contributed by atoms with van der Waals surface area (Å²) in [7, 11) is -2.47. The van der Waals surface area contributed by atoms with Gasteiger partial charge in [-0.1, -0.05) is 0 Å². The summed E-state index contributed by atoms with van der Waals surface area (Å²) in [4.78, 5) is 22.9. The molecule has 2 N–H and O–H groups in total. The molecule has 0 aliphatic heterocycles. The molecule has 1 aliphatic carbocycles. The van der Waals surface area contributed by atoms with Gasteiger partial charge in [0.1, 0.15) is 0 Å². The van der Waals surface area contributed by atoms with Crippen LogP contribution in [0.25, 0.3) is 0 Å². The molecule has 0 unspecified atom stereocenters. The Bertz CT molecular complexity index is 764. The zero-order valence-corrected chi connectivity index (χ0v) is 15.1. The highest BCUT2D eigenvalue weighted by Gasteiger charge is 2.23. The summed E-state index contributed by atoms with van der Waals surface area (Å²) < 4.78 is 25.9. The molecule has 136 valence electrons. The number of hydrogen-bond acceptors (Lipinski definition) is 5. The molecule has 0 aromatic heterocycles. The molecule has 0 saturated heterocycles. The van der Waals surface area contributed by atoms with Crippen LogP contribution in [0.4, 0.5) is 5.69 Å². The van der Waals surface area contributed by atoms with Crippen LogP contribution in [0.5, 0.6) is 0 Å². The van der Waals surface area contributed by atoms with Crippen LogP contribution < -0.4 is 10.7 Å². The molecule has 9 heteroatoms. The maximum Gasteiger partial charge on any atom is 0.255 e. The van der Waals surface area contributed by atoms with Crippen molar-refractivity contribution < 1.29 is 18.0 Å². The van der Waals surface area contributed by atoms with Crippen LogP contribution in [0.1, 0.15) is 32.6 Å². The molecule has 8 nitrogen and oxygen atoms in total. The van der Waals surface area contributed by atoms with E-state index in [9.17, 15) is 18.0 Å². The van der Waals surface area contributed by atoms with E-state index in [0.29, 0.717) is 5.69 Å². The number of anilines is 1. The van der Waals surface area contributed by atoms with Gasteiger partial charge in [-0.25, -0.2) is 13.8 Å². The first kappa shape index (κ1) is 19.1. The maximum absolute atomic E-state index is 12.5. The molecule has 2 rings (SSSR count). The Kier molecular flexibility index (Phi) is 6.27. The van der Waals surface area contributed by atoms with E-state index >= 15 is 0 Å². The molecular weight excluding hydrogens is 344 g/mol. The van der Waals surface area contributed by atoms with Gasteiger partial charge < -0.3 is 5.32 Å². The fourth-order valence-corrected chi connectivity index (χ4v) is 3.58. The quantitative estimate of drug-likeness (QED) is 0.740. The van der Waals surface area contributed by atoms with E-state index in [1.165, 1.54) is 38.2 Å². The van der Waals surface area contributed by atoms with Gasteiger partial charge in [0.2, 0.25) is 15.9 Å². The number of carbonyl (C=O) groups is 2. The highest BCUT2D eigenvalue weighted by atomic mass is 32.2. The lowest BCUT2D eigenvalue weighted by Crippen LogP contribution is -2.36. The number of sulfonamides is 1. The van der Waals surface area contributed by atoms with Crippen molar-refractivity contribution in [2.75, 3.05) is 18.9 Å². The monoisotopic (exact) mass is 366 g/mol. The third-order valence-electron chi connectivity index (χ3n) is 3.77. The first-order chi connectivity index (χ1) is 11.8. The number of likely N-dealkylation sites (N-methyl/N-ethyl adjacent to an activating group) is 1. The Labute approximate surface area is 147 Å². The normalized spacial score (nSPS) is 14.4. The Hall–Kier alpha value is -2.26. The van der Waals surface area contributed by atoms with E-state index in [1.807, 2.05) is 0 Å². The molecule has 0 radical (unpaired) electrons. The average molecular weight is 366 g/mol. The highest BCUT2D eigenvalue weighted by Crippen LogP contribution is 2.17. The SMILES string of the molecule is CC(=O)Nc1ccc(S(=O)(=O)N(C)CC(=O)NN=C2CCCC2)cc1. The van der Waals surface area contributed by atoms with Crippen LogP contribution in [0.2, 0.25) is 0 Å². The molecule has 25 heavy (non-hydrogen) atoms. The van der Waals surface area contributed by atoms with Crippen LogP contribution in [-0.4, -0.2) is 43.8 Å². The Balaban J connectivity index is 1.98. The number of benzene rings is 1. The molecule has 0 heterocycles. The summed E-state index contributed by atoms with van der Waals surface area (Å²) in [5.74, 6) is -0.728. The zero-order chi connectivity index (χ0) is 18.4. The van der Waals surface area contributed by atoms with Gasteiger partial charge in [-0.3, -0.25) is 9.59 Å². The summed E-state index contributed by atoms with van der Waals surface area (Å²) >= 11 is 0. The van der Waals surface area contributed by atoms with E-state index < -0.39 is 15.9 Å². The number of amides is 2. The van der Waals surface area contributed by atoms with Gasteiger partial charge in [-0.2, -0.15) is 9.41 Å². The van der Waals surface area contributed by atoms with Crippen molar-refractivity contribution in [1.82, 2.24) is 9.73 Å². The van der Waals surface area contributed by atoms with Crippen molar-refractivity contribution in [3.63, 3.8) is 0 Å². The van der Waals surface area contributed by atoms with Crippen LogP contribution in [0.15, 0.2) is 34.3 Å².